The molecule has 0 saturated heterocycles. The van der Waals surface area contributed by atoms with Crippen molar-refractivity contribution in [3.8, 4) is 11.5 Å². The zero-order valence-electron chi connectivity index (χ0n) is 20.9. The number of rotatable bonds is 6. The normalized spacial score (nSPS) is 15.1. The number of ether oxygens (including phenoxy) is 2. The number of nitrogens with zero attached hydrogens (tertiary/aromatic N) is 2. The Hall–Kier alpha value is -3.70. The van der Waals surface area contributed by atoms with Crippen molar-refractivity contribution in [2.24, 2.45) is 4.99 Å². The zero-order valence-corrected chi connectivity index (χ0v) is 23.9. The fourth-order valence-electron chi connectivity index (χ4n) is 4.36. The Bertz CT molecular complexity index is 1720. The summed E-state index contributed by atoms with van der Waals surface area (Å²) in [6.07, 6.45) is 1.85. The highest BCUT2D eigenvalue weighted by atomic mass is 127. The van der Waals surface area contributed by atoms with Crippen LogP contribution in [0.1, 0.15) is 24.1 Å². The molecule has 1 N–H and O–H groups in total. The van der Waals surface area contributed by atoms with Gasteiger partial charge in [0.05, 0.1) is 39.6 Å². The molecule has 3 aromatic carbocycles. The second-order valence-corrected chi connectivity index (χ2v) is 10.7. The minimum Gasteiger partial charge on any atom is -0.497 e. The molecule has 38 heavy (non-hydrogen) atoms. The standard InChI is InChI=1S/C29H24IN3O4S/c1-17-25(27(34)32-20-7-5-4-6-8-20)26(19-10-12-21(36-2)13-11-19)33-28(35)24(38-29(33)31-17)16-18-9-14-23(37-3)22(30)15-18/h4-16,26H,1-3H3,(H,32,34)/b24-16+/t26-/m1/s1. The Morgan fingerprint density at radius 2 is 1.79 bits per heavy atom. The number of hydrogen-bond acceptors (Lipinski definition) is 6. The van der Waals surface area contributed by atoms with Gasteiger partial charge in [-0.3, -0.25) is 14.2 Å². The average Bonchev–Trinajstić information content (AvgIpc) is 3.22. The fourth-order valence-corrected chi connectivity index (χ4v) is 6.16. The van der Waals surface area contributed by atoms with E-state index in [9.17, 15) is 9.59 Å². The number of para-hydroxylation sites is 1. The summed E-state index contributed by atoms with van der Waals surface area (Å²) in [6, 6.07) is 21.7. The number of amides is 1. The van der Waals surface area contributed by atoms with Crippen LogP contribution in [0.3, 0.4) is 0 Å². The van der Waals surface area contributed by atoms with Crippen molar-refractivity contribution in [2.45, 2.75) is 13.0 Å². The van der Waals surface area contributed by atoms with E-state index >= 15 is 0 Å². The third-order valence-electron chi connectivity index (χ3n) is 6.20. The van der Waals surface area contributed by atoms with Gasteiger partial charge in [-0.2, -0.15) is 0 Å². The van der Waals surface area contributed by atoms with Gasteiger partial charge in [-0.25, -0.2) is 4.99 Å². The molecule has 0 spiro atoms. The van der Waals surface area contributed by atoms with Crippen molar-refractivity contribution in [3.63, 3.8) is 0 Å². The molecule has 1 atom stereocenters. The first kappa shape index (κ1) is 25.9. The number of carbonyl (C=O) groups excluding carboxylic acids is 1. The Morgan fingerprint density at radius 1 is 1.05 bits per heavy atom. The van der Waals surface area contributed by atoms with Crippen LogP contribution in [0.15, 0.2) is 93.9 Å². The van der Waals surface area contributed by atoms with Gasteiger partial charge in [-0.05, 0) is 83.1 Å². The minimum atomic E-state index is -0.654. The molecular weight excluding hydrogens is 613 g/mol. The van der Waals surface area contributed by atoms with Crippen molar-refractivity contribution < 1.29 is 14.3 Å². The number of fused-ring (bicyclic) bond motifs is 1. The van der Waals surface area contributed by atoms with Gasteiger partial charge in [0.15, 0.2) is 4.80 Å². The largest absolute Gasteiger partial charge is 0.497 e. The maximum absolute atomic E-state index is 13.8. The molecule has 0 radical (unpaired) electrons. The Labute approximate surface area is 236 Å². The van der Waals surface area contributed by atoms with Crippen LogP contribution in [0.2, 0.25) is 0 Å². The topological polar surface area (TPSA) is 81.9 Å². The van der Waals surface area contributed by atoms with Crippen LogP contribution in [-0.4, -0.2) is 24.7 Å². The third kappa shape index (κ3) is 5.03. The molecule has 1 amide bonds. The molecule has 7 nitrogen and oxygen atoms in total. The molecule has 2 heterocycles. The highest BCUT2D eigenvalue weighted by molar-refractivity contribution is 14.1. The zero-order chi connectivity index (χ0) is 26.8. The fraction of sp³-hybridized carbons (Fsp3) is 0.138. The van der Waals surface area contributed by atoms with Crippen molar-refractivity contribution >= 4 is 51.6 Å². The van der Waals surface area contributed by atoms with Gasteiger partial charge in [0.2, 0.25) is 0 Å². The van der Waals surface area contributed by atoms with E-state index in [-0.39, 0.29) is 11.5 Å². The quantitative estimate of drug-likeness (QED) is 0.316. The smallest absolute Gasteiger partial charge is 0.271 e. The number of allylic oxidation sites excluding steroid dienone is 1. The van der Waals surface area contributed by atoms with E-state index in [0.29, 0.717) is 32.0 Å². The summed E-state index contributed by atoms with van der Waals surface area (Å²) in [4.78, 5) is 32.7. The van der Waals surface area contributed by atoms with Gasteiger partial charge < -0.3 is 14.8 Å². The SMILES string of the molecule is COc1ccc([C@@H]2C(C(=O)Nc3ccccc3)=C(C)N=c3s/c(=C/c4ccc(OC)c(I)c4)c(=O)n32)cc1. The first-order valence-electron chi connectivity index (χ1n) is 11.8. The second kappa shape index (κ2) is 11.0. The molecule has 0 bridgehead atoms. The van der Waals surface area contributed by atoms with Crippen LogP contribution < -0.4 is 29.7 Å². The maximum atomic E-state index is 13.8. The molecule has 0 unspecified atom stereocenters. The molecule has 1 aromatic heterocycles. The van der Waals surface area contributed by atoms with E-state index in [1.165, 1.54) is 11.3 Å². The number of aromatic nitrogens is 1. The average molecular weight is 637 g/mol. The summed E-state index contributed by atoms with van der Waals surface area (Å²) >= 11 is 3.51. The van der Waals surface area contributed by atoms with E-state index in [0.717, 1.165) is 20.4 Å². The first-order valence-corrected chi connectivity index (χ1v) is 13.7. The summed E-state index contributed by atoms with van der Waals surface area (Å²) in [5, 5.41) is 2.96. The number of nitrogens with one attached hydrogen (secondary N) is 1. The van der Waals surface area contributed by atoms with Gasteiger partial charge in [-0.15, -0.1) is 0 Å². The van der Waals surface area contributed by atoms with Crippen molar-refractivity contribution in [2.75, 3.05) is 19.5 Å². The molecule has 0 aliphatic carbocycles. The summed E-state index contributed by atoms with van der Waals surface area (Å²) in [6.45, 7) is 1.80. The predicted octanol–water partition coefficient (Wildman–Crippen LogP) is 4.50. The number of thiazole rings is 1. The Kier molecular flexibility index (Phi) is 7.48. The van der Waals surface area contributed by atoms with E-state index < -0.39 is 6.04 Å². The maximum Gasteiger partial charge on any atom is 0.271 e. The van der Waals surface area contributed by atoms with Gasteiger partial charge >= 0.3 is 0 Å². The molecule has 0 saturated carbocycles. The van der Waals surface area contributed by atoms with Crippen LogP contribution in [0.5, 0.6) is 11.5 Å². The molecule has 4 aromatic rings. The van der Waals surface area contributed by atoms with Crippen LogP contribution >= 0.6 is 33.9 Å². The summed E-state index contributed by atoms with van der Waals surface area (Å²) < 4.78 is 13.8. The van der Waals surface area contributed by atoms with Gasteiger partial charge in [0.25, 0.3) is 11.5 Å². The number of benzene rings is 3. The van der Waals surface area contributed by atoms with Gasteiger partial charge in [0, 0.05) is 5.69 Å². The number of hydrogen-bond donors (Lipinski definition) is 1. The lowest BCUT2D eigenvalue weighted by molar-refractivity contribution is -0.113. The van der Waals surface area contributed by atoms with E-state index in [2.05, 4.69) is 27.9 Å². The van der Waals surface area contributed by atoms with Crippen LogP contribution in [0.25, 0.3) is 6.08 Å². The Balaban J connectivity index is 1.66. The summed E-state index contributed by atoms with van der Waals surface area (Å²) in [7, 11) is 3.23. The Morgan fingerprint density at radius 3 is 2.45 bits per heavy atom. The number of methoxy groups -OCH3 is 2. The van der Waals surface area contributed by atoms with Crippen molar-refractivity contribution in [1.29, 1.82) is 0 Å². The predicted molar refractivity (Wildman–Crippen MR) is 158 cm³/mol. The molecule has 1 aliphatic heterocycles. The molecule has 0 fully saturated rings. The molecule has 5 rings (SSSR count). The van der Waals surface area contributed by atoms with E-state index in [4.69, 9.17) is 14.5 Å². The van der Waals surface area contributed by atoms with E-state index in [1.807, 2.05) is 78.9 Å². The monoisotopic (exact) mass is 637 g/mol. The lowest BCUT2D eigenvalue weighted by Gasteiger charge is -2.25. The highest BCUT2D eigenvalue weighted by Gasteiger charge is 2.32. The lowest BCUT2D eigenvalue weighted by atomic mass is 9.95. The lowest BCUT2D eigenvalue weighted by Crippen LogP contribution is -2.40. The second-order valence-electron chi connectivity index (χ2n) is 8.57. The van der Waals surface area contributed by atoms with E-state index in [1.54, 1.807) is 25.7 Å². The van der Waals surface area contributed by atoms with Crippen molar-refractivity contribution in [1.82, 2.24) is 4.57 Å². The van der Waals surface area contributed by atoms with Gasteiger partial charge in [0.1, 0.15) is 11.5 Å². The summed E-state index contributed by atoms with van der Waals surface area (Å²) in [5.41, 5.74) is 3.09. The number of anilines is 1. The van der Waals surface area contributed by atoms with Gasteiger partial charge in [-0.1, -0.05) is 47.7 Å². The first-order chi connectivity index (χ1) is 18.4. The highest BCUT2D eigenvalue weighted by Crippen LogP contribution is 2.31. The minimum absolute atomic E-state index is 0.210. The van der Waals surface area contributed by atoms with Crippen molar-refractivity contribution in [3.05, 3.63) is 118 Å². The number of carbonyl (C=O) groups is 1. The summed E-state index contributed by atoms with van der Waals surface area (Å²) in [5.74, 6) is 1.15. The molecule has 192 valence electrons. The molecule has 9 heteroatoms. The number of halogens is 1. The van der Waals surface area contributed by atoms with Crippen LogP contribution in [0.4, 0.5) is 5.69 Å². The molecular formula is C29H24IN3O4S. The molecule has 1 aliphatic rings. The van der Waals surface area contributed by atoms with Crippen LogP contribution in [-0.2, 0) is 4.79 Å². The third-order valence-corrected chi connectivity index (χ3v) is 8.03. The van der Waals surface area contributed by atoms with Crippen LogP contribution in [0, 0.1) is 3.57 Å².